The summed E-state index contributed by atoms with van der Waals surface area (Å²) in [7, 11) is 0. The molecular weight excluding hydrogens is 237 g/mol. The van der Waals surface area contributed by atoms with E-state index < -0.39 is 0 Å². The van der Waals surface area contributed by atoms with Crippen molar-refractivity contribution in [2.75, 3.05) is 19.6 Å². The van der Waals surface area contributed by atoms with Crippen LogP contribution in [0.25, 0.3) is 0 Å². The van der Waals surface area contributed by atoms with E-state index in [9.17, 15) is 0 Å². The van der Waals surface area contributed by atoms with Gasteiger partial charge in [-0.05, 0) is 6.54 Å². The van der Waals surface area contributed by atoms with Gasteiger partial charge >= 0.3 is 0 Å². The van der Waals surface area contributed by atoms with Gasteiger partial charge < -0.3 is 15.6 Å². The first-order valence-corrected chi connectivity index (χ1v) is 4.73. The molecule has 15 heavy (non-hydrogen) atoms. The second kappa shape index (κ2) is 7.00. The molecule has 0 atom stereocenters. The molecule has 1 aliphatic rings. The Morgan fingerprint density at radius 3 is 2.80 bits per heavy atom. The van der Waals surface area contributed by atoms with Crippen LogP contribution in [0.2, 0.25) is 0 Å². The molecule has 2 rings (SSSR count). The highest BCUT2D eigenvalue weighted by atomic mass is 35.5. The predicted octanol–water partition coefficient (Wildman–Crippen LogP) is -0.231. The monoisotopic (exact) mass is 253 g/mol. The molecule has 1 aliphatic heterocycles. The average molecular weight is 254 g/mol. The molecule has 88 valence electrons. The maximum atomic E-state index is 5.50. The molecule has 0 spiro atoms. The molecule has 5 nitrogen and oxygen atoms in total. The standard InChI is InChI=1S/C8H15N5.2ClH/c9-3-1-7-11-12-8-2-4-10-5-6-13(7)8;;/h10H,1-6,9H2;2*1H. The molecule has 0 bridgehead atoms. The van der Waals surface area contributed by atoms with Gasteiger partial charge in [-0.3, -0.25) is 0 Å². The maximum absolute atomic E-state index is 5.50. The summed E-state index contributed by atoms with van der Waals surface area (Å²) in [5, 5.41) is 11.6. The van der Waals surface area contributed by atoms with Crippen molar-refractivity contribution in [1.29, 1.82) is 0 Å². The quantitative estimate of drug-likeness (QED) is 0.765. The largest absolute Gasteiger partial charge is 0.330 e. The predicted molar refractivity (Wildman–Crippen MR) is 63.9 cm³/mol. The fourth-order valence-electron chi connectivity index (χ4n) is 1.65. The lowest BCUT2D eigenvalue weighted by molar-refractivity contribution is 0.616. The molecule has 3 N–H and O–H groups in total. The van der Waals surface area contributed by atoms with E-state index in [1.807, 2.05) is 0 Å². The van der Waals surface area contributed by atoms with Gasteiger partial charge in [0.05, 0.1) is 0 Å². The number of halogens is 2. The molecule has 2 heterocycles. The van der Waals surface area contributed by atoms with Crippen molar-refractivity contribution in [2.45, 2.75) is 19.4 Å². The Morgan fingerprint density at radius 1 is 1.27 bits per heavy atom. The zero-order chi connectivity index (χ0) is 9.10. The molecule has 0 aliphatic carbocycles. The Labute approximate surface area is 102 Å². The van der Waals surface area contributed by atoms with Crippen molar-refractivity contribution in [3.63, 3.8) is 0 Å². The lowest BCUT2D eigenvalue weighted by atomic mass is 10.4. The van der Waals surface area contributed by atoms with Gasteiger partial charge in [-0.2, -0.15) is 0 Å². The van der Waals surface area contributed by atoms with Gasteiger partial charge in [0.25, 0.3) is 0 Å². The third-order valence-electron chi connectivity index (χ3n) is 2.31. The summed E-state index contributed by atoms with van der Waals surface area (Å²) in [6, 6.07) is 0. The zero-order valence-corrected chi connectivity index (χ0v) is 10.1. The number of nitrogens with zero attached hydrogens (tertiary/aromatic N) is 3. The van der Waals surface area contributed by atoms with Gasteiger partial charge in [0.1, 0.15) is 11.6 Å². The highest BCUT2D eigenvalue weighted by molar-refractivity contribution is 5.85. The van der Waals surface area contributed by atoms with Gasteiger partial charge in [0, 0.05) is 32.5 Å². The highest BCUT2D eigenvalue weighted by Gasteiger charge is 2.12. The Balaban J connectivity index is 0.000000980. The maximum Gasteiger partial charge on any atom is 0.134 e. The van der Waals surface area contributed by atoms with Crippen molar-refractivity contribution in [1.82, 2.24) is 20.1 Å². The summed E-state index contributed by atoms with van der Waals surface area (Å²) in [5.41, 5.74) is 5.50. The minimum absolute atomic E-state index is 0. The van der Waals surface area contributed by atoms with Crippen molar-refractivity contribution < 1.29 is 0 Å². The molecule has 0 radical (unpaired) electrons. The van der Waals surface area contributed by atoms with Gasteiger partial charge in [-0.25, -0.2) is 0 Å². The number of hydrogen-bond acceptors (Lipinski definition) is 4. The second-order valence-corrected chi connectivity index (χ2v) is 3.22. The van der Waals surface area contributed by atoms with E-state index in [4.69, 9.17) is 5.73 Å². The van der Waals surface area contributed by atoms with Crippen molar-refractivity contribution in [3.8, 4) is 0 Å². The third-order valence-corrected chi connectivity index (χ3v) is 2.31. The van der Waals surface area contributed by atoms with Crippen molar-refractivity contribution in [2.24, 2.45) is 5.73 Å². The van der Waals surface area contributed by atoms with Crippen molar-refractivity contribution >= 4 is 24.8 Å². The molecule has 0 unspecified atom stereocenters. The van der Waals surface area contributed by atoms with E-state index in [1.165, 1.54) is 0 Å². The molecule has 0 saturated heterocycles. The van der Waals surface area contributed by atoms with Crippen LogP contribution < -0.4 is 11.1 Å². The van der Waals surface area contributed by atoms with E-state index in [2.05, 4.69) is 20.1 Å². The first kappa shape index (κ1) is 14.6. The molecular formula is C8H17Cl2N5. The molecule has 0 saturated carbocycles. The van der Waals surface area contributed by atoms with Gasteiger partial charge in [0.2, 0.25) is 0 Å². The summed E-state index contributed by atoms with van der Waals surface area (Å²) in [4.78, 5) is 0. The number of nitrogens with one attached hydrogen (secondary N) is 1. The van der Waals surface area contributed by atoms with E-state index in [0.717, 1.165) is 44.1 Å². The molecule has 0 aromatic carbocycles. The normalized spacial score (nSPS) is 14.5. The summed E-state index contributed by atoms with van der Waals surface area (Å²) in [6.07, 6.45) is 1.80. The number of rotatable bonds is 2. The summed E-state index contributed by atoms with van der Waals surface area (Å²) >= 11 is 0. The van der Waals surface area contributed by atoms with Gasteiger partial charge in [-0.15, -0.1) is 35.0 Å². The SMILES string of the molecule is Cl.Cl.NCCc1nnc2n1CCNCC2. The summed E-state index contributed by atoms with van der Waals surface area (Å²) < 4.78 is 2.19. The van der Waals surface area contributed by atoms with Crippen LogP contribution in [0, 0.1) is 0 Å². The van der Waals surface area contributed by atoms with E-state index in [0.29, 0.717) is 6.54 Å². The minimum Gasteiger partial charge on any atom is -0.330 e. The lowest BCUT2D eigenvalue weighted by Gasteiger charge is -2.04. The second-order valence-electron chi connectivity index (χ2n) is 3.22. The zero-order valence-electron chi connectivity index (χ0n) is 8.48. The van der Waals surface area contributed by atoms with Gasteiger partial charge in [-0.1, -0.05) is 0 Å². The van der Waals surface area contributed by atoms with Crippen LogP contribution in [0.15, 0.2) is 0 Å². The number of aromatic nitrogens is 3. The molecule has 7 heteroatoms. The van der Waals surface area contributed by atoms with Crippen LogP contribution in [0.4, 0.5) is 0 Å². The molecule has 0 amide bonds. The Kier molecular flexibility index (Phi) is 6.84. The molecule has 1 aromatic rings. The first-order chi connectivity index (χ1) is 6.42. The van der Waals surface area contributed by atoms with Crippen LogP contribution >= 0.6 is 24.8 Å². The first-order valence-electron chi connectivity index (χ1n) is 4.73. The molecule has 1 aromatic heterocycles. The number of nitrogens with two attached hydrogens (primary N) is 1. The fourth-order valence-corrected chi connectivity index (χ4v) is 1.65. The smallest absolute Gasteiger partial charge is 0.134 e. The fraction of sp³-hybridized carbons (Fsp3) is 0.750. The van der Waals surface area contributed by atoms with Crippen LogP contribution in [0.1, 0.15) is 11.6 Å². The topological polar surface area (TPSA) is 68.8 Å². The van der Waals surface area contributed by atoms with Crippen LogP contribution in [-0.4, -0.2) is 34.4 Å². The van der Waals surface area contributed by atoms with E-state index in [-0.39, 0.29) is 24.8 Å². The Morgan fingerprint density at radius 2 is 2.07 bits per heavy atom. The number of hydrogen-bond donors (Lipinski definition) is 2. The van der Waals surface area contributed by atoms with E-state index in [1.54, 1.807) is 0 Å². The van der Waals surface area contributed by atoms with Crippen molar-refractivity contribution in [3.05, 3.63) is 11.6 Å². The summed E-state index contributed by atoms with van der Waals surface area (Å²) in [5.74, 6) is 2.12. The number of fused-ring (bicyclic) bond motifs is 1. The highest BCUT2D eigenvalue weighted by Crippen LogP contribution is 2.05. The Bertz CT molecular complexity index is 289. The Hall–Kier alpha value is -0.360. The average Bonchev–Trinajstić information content (AvgIpc) is 2.38. The van der Waals surface area contributed by atoms with Crippen LogP contribution in [0.5, 0.6) is 0 Å². The van der Waals surface area contributed by atoms with Crippen LogP contribution in [-0.2, 0) is 19.4 Å². The van der Waals surface area contributed by atoms with E-state index >= 15 is 0 Å². The third kappa shape index (κ3) is 3.31. The molecule has 0 fully saturated rings. The summed E-state index contributed by atoms with van der Waals surface area (Å²) in [6.45, 7) is 3.62. The minimum atomic E-state index is 0. The van der Waals surface area contributed by atoms with Gasteiger partial charge in [0.15, 0.2) is 0 Å². The lowest BCUT2D eigenvalue weighted by Crippen LogP contribution is -2.18. The van der Waals surface area contributed by atoms with Crippen LogP contribution in [0.3, 0.4) is 0 Å².